The molecule has 2 aromatic carbocycles. The molecule has 0 bridgehead atoms. The monoisotopic (exact) mass is 604 g/mol. The average Bonchev–Trinajstić information content (AvgIpc) is 3.33. The van der Waals surface area contributed by atoms with Crippen LogP contribution in [0.4, 0.5) is 21.0 Å². The molecule has 12 nitrogen and oxygen atoms in total. The third-order valence-electron chi connectivity index (χ3n) is 8.28. The van der Waals surface area contributed by atoms with Crippen molar-refractivity contribution in [3.05, 3.63) is 53.6 Å². The first-order chi connectivity index (χ1) is 19.9. The molecule has 0 aliphatic carbocycles. The number of quaternary nitrogens is 1. The van der Waals surface area contributed by atoms with E-state index in [4.69, 9.17) is 0 Å². The van der Waals surface area contributed by atoms with Crippen molar-refractivity contribution in [2.45, 2.75) is 57.2 Å². The Kier molecular flexibility index (Phi) is 9.97. The van der Waals surface area contributed by atoms with Crippen LogP contribution in [0.2, 0.25) is 0 Å². The summed E-state index contributed by atoms with van der Waals surface area (Å²) in [5, 5.41) is 36.9. The minimum absolute atomic E-state index is 0.106. The number of aromatic hydroxyl groups is 1. The van der Waals surface area contributed by atoms with E-state index < -0.39 is 26.7 Å². The number of likely N-dealkylation sites (tertiary alicyclic amines) is 2. The number of carbonyl (C=O) groups excluding carboxylic acids is 1. The number of amides is 3. The van der Waals surface area contributed by atoms with E-state index in [0.29, 0.717) is 31.7 Å². The van der Waals surface area contributed by atoms with Gasteiger partial charge in [0.05, 0.1) is 24.6 Å². The Balaban J connectivity index is 1.21. The minimum Gasteiger partial charge on any atom is -0.508 e. The lowest BCUT2D eigenvalue weighted by Gasteiger charge is -2.38. The van der Waals surface area contributed by atoms with Gasteiger partial charge in [-0.1, -0.05) is 18.2 Å². The first-order valence-electron chi connectivity index (χ1n) is 14.3. The van der Waals surface area contributed by atoms with Crippen molar-refractivity contribution >= 4 is 33.5 Å². The van der Waals surface area contributed by atoms with Crippen molar-refractivity contribution in [3.63, 3.8) is 0 Å². The fourth-order valence-corrected chi connectivity index (χ4v) is 6.48. The Morgan fingerprint density at radius 2 is 1.79 bits per heavy atom. The topological polar surface area (TPSA) is 168 Å². The summed E-state index contributed by atoms with van der Waals surface area (Å²) in [6.07, 6.45) is 2.69. The molecule has 2 aliphatic heterocycles. The molecule has 2 heterocycles. The first-order valence-corrected chi connectivity index (χ1v) is 16.2. The average molecular weight is 605 g/mol. The number of phenolic OH excluding ortho intramolecular Hbond substituents is 1. The van der Waals surface area contributed by atoms with Crippen molar-refractivity contribution in [2.75, 3.05) is 49.0 Å². The van der Waals surface area contributed by atoms with E-state index in [9.17, 15) is 33.3 Å². The van der Waals surface area contributed by atoms with Crippen molar-refractivity contribution in [3.8, 4) is 5.75 Å². The number of carboxylic acid groups (broad SMARTS) is 1. The highest BCUT2D eigenvalue weighted by atomic mass is 32.2. The number of piperidine rings is 1. The predicted octanol–water partition coefficient (Wildman–Crippen LogP) is 3.30. The standard InChI is InChI=1S/C29H41N5O7S/c1-20-4-3-17-34(20,29(38)39)28(37)33-15-12-23(13-16-33)31-22-7-5-21(6-8-22)11-14-30-19-27(36)25-10-9-24(35)18-26(25)32-42(2,40)41/h5-10,18,20,23,27,30-32,36H,3-4,11-17,19H2,1-2H3,(H-,35,38,39)/p+1/t20-,27+,34?/m1/s1. The molecule has 3 amide bonds. The highest BCUT2D eigenvalue weighted by molar-refractivity contribution is 7.92. The second-order valence-corrected chi connectivity index (χ2v) is 13.1. The number of sulfonamides is 1. The summed E-state index contributed by atoms with van der Waals surface area (Å²) in [6, 6.07) is 11.9. The van der Waals surface area contributed by atoms with Gasteiger partial charge in [-0.3, -0.25) is 9.62 Å². The summed E-state index contributed by atoms with van der Waals surface area (Å²) < 4.78 is 25.1. The number of aliphatic hydroxyl groups is 1. The fraction of sp³-hybridized carbons (Fsp3) is 0.517. The summed E-state index contributed by atoms with van der Waals surface area (Å²) in [7, 11) is -3.57. The van der Waals surface area contributed by atoms with Gasteiger partial charge in [0.2, 0.25) is 10.0 Å². The summed E-state index contributed by atoms with van der Waals surface area (Å²) >= 11 is 0. The van der Waals surface area contributed by atoms with Crippen LogP contribution in [-0.2, 0) is 16.4 Å². The molecule has 0 saturated carbocycles. The molecule has 2 aliphatic rings. The Morgan fingerprint density at radius 3 is 2.38 bits per heavy atom. The molecular weight excluding hydrogens is 562 g/mol. The number of hydrogen-bond donors (Lipinski definition) is 6. The molecule has 4 rings (SSSR count). The quantitative estimate of drug-likeness (QED) is 0.176. The second-order valence-electron chi connectivity index (χ2n) is 11.4. The van der Waals surface area contributed by atoms with E-state index in [0.717, 1.165) is 49.6 Å². The number of phenols is 1. The zero-order chi connectivity index (χ0) is 30.5. The third-order valence-corrected chi connectivity index (χ3v) is 8.87. The maximum Gasteiger partial charge on any atom is 0.523 e. The number of nitrogens with zero attached hydrogens (tertiary/aromatic N) is 2. The lowest BCUT2D eigenvalue weighted by molar-refractivity contribution is -0.791. The van der Waals surface area contributed by atoms with E-state index in [1.807, 2.05) is 31.2 Å². The molecule has 0 spiro atoms. The number of rotatable bonds is 10. The lowest BCUT2D eigenvalue weighted by Crippen LogP contribution is -2.64. The molecule has 6 N–H and O–H groups in total. The molecule has 0 radical (unpaired) electrons. The molecule has 3 atom stereocenters. The van der Waals surface area contributed by atoms with Crippen LogP contribution in [0.15, 0.2) is 42.5 Å². The van der Waals surface area contributed by atoms with Gasteiger partial charge in [-0.25, -0.2) is 13.2 Å². The number of nitrogens with one attached hydrogen (secondary N) is 3. The van der Waals surface area contributed by atoms with Gasteiger partial charge in [0, 0.05) is 55.8 Å². The Hall–Kier alpha value is -3.39. The molecule has 2 aromatic rings. The molecular formula is C29H42N5O7S+. The van der Waals surface area contributed by atoms with Crippen LogP contribution < -0.4 is 15.4 Å². The predicted molar refractivity (Wildman–Crippen MR) is 160 cm³/mol. The Bertz CT molecular complexity index is 1360. The summed E-state index contributed by atoms with van der Waals surface area (Å²) in [6.45, 7) is 4.07. The first kappa shape index (κ1) is 31.5. The Morgan fingerprint density at radius 1 is 1.10 bits per heavy atom. The molecule has 2 saturated heterocycles. The van der Waals surface area contributed by atoms with Gasteiger partial charge in [0.15, 0.2) is 0 Å². The van der Waals surface area contributed by atoms with Gasteiger partial charge in [0.25, 0.3) is 0 Å². The summed E-state index contributed by atoms with van der Waals surface area (Å²) in [5.74, 6) is -0.106. The molecule has 0 aromatic heterocycles. The van der Waals surface area contributed by atoms with Gasteiger partial charge in [-0.05, 0) is 56.5 Å². The fourth-order valence-electron chi connectivity index (χ4n) is 5.90. The van der Waals surface area contributed by atoms with Crippen LogP contribution >= 0.6 is 0 Å². The van der Waals surface area contributed by atoms with Crippen LogP contribution in [0.5, 0.6) is 5.75 Å². The van der Waals surface area contributed by atoms with Crippen molar-refractivity contribution < 1.29 is 37.8 Å². The van der Waals surface area contributed by atoms with Gasteiger partial charge < -0.3 is 26.0 Å². The van der Waals surface area contributed by atoms with Crippen molar-refractivity contribution in [1.82, 2.24) is 10.2 Å². The maximum atomic E-state index is 13.2. The van der Waals surface area contributed by atoms with Gasteiger partial charge in [-0.15, -0.1) is 4.48 Å². The van der Waals surface area contributed by atoms with E-state index in [1.54, 1.807) is 4.90 Å². The normalized spacial score (nSPS) is 22.1. The number of anilines is 2. The number of urea groups is 1. The van der Waals surface area contributed by atoms with Crippen LogP contribution in [-0.4, -0.2) is 96.3 Å². The van der Waals surface area contributed by atoms with E-state index in [1.165, 1.54) is 18.2 Å². The van der Waals surface area contributed by atoms with Crippen LogP contribution in [0, 0.1) is 0 Å². The highest BCUT2D eigenvalue weighted by Crippen LogP contribution is 2.31. The number of imide groups is 1. The van der Waals surface area contributed by atoms with Gasteiger partial charge in [-0.2, -0.15) is 4.79 Å². The van der Waals surface area contributed by atoms with E-state index in [2.05, 4.69) is 15.4 Å². The molecule has 2 fully saturated rings. The van der Waals surface area contributed by atoms with E-state index in [-0.39, 0.29) is 36.1 Å². The number of hydrogen-bond acceptors (Lipinski definition) is 8. The van der Waals surface area contributed by atoms with Crippen molar-refractivity contribution in [1.29, 1.82) is 0 Å². The molecule has 13 heteroatoms. The smallest absolute Gasteiger partial charge is 0.508 e. The van der Waals surface area contributed by atoms with Crippen LogP contribution in [0.25, 0.3) is 0 Å². The Labute approximate surface area is 247 Å². The number of carbonyl (C=O) groups is 2. The number of aliphatic hydroxyl groups excluding tert-OH is 1. The zero-order valence-corrected chi connectivity index (χ0v) is 24.9. The second kappa shape index (κ2) is 13.3. The third kappa shape index (κ3) is 7.51. The molecule has 42 heavy (non-hydrogen) atoms. The van der Waals surface area contributed by atoms with Crippen molar-refractivity contribution in [2.24, 2.45) is 0 Å². The van der Waals surface area contributed by atoms with E-state index >= 15 is 0 Å². The largest absolute Gasteiger partial charge is 0.523 e. The zero-order valence-electron chi connectivity index (χ0n) is 24.1. The van der Waals surface area contributed by atoms with Gasteiger partial charge in [0.1, 0.15) is 11.8 Å². The minimum atomic E-state index is -3.57. The molecule has 1 unspecified atom stereocenters. The lowest BCUT2D eigenvalue weighted by atomic mass is 10.0. The van der Waals surface area contributed by atoms with Crippen LogP contribution in [0.1, 0.15) is 49.8 Å². The summed E-state index contributed by atoms with van der Waals surface area (Å²) in [5.41, 5.74) is 2.59. The van der Waals surface area contributed by atoms with Crippen LogP contribution in [0.3, 0.4) is 0 Å². The summed E-state index contributed by atoms with van der Waals surface area (Å²) in [4.78, 5) is 27.0. The van der Waals surface area contributed by atoms with Gasteiger partial charge >= 0.3 is 12.1 Å². The highest BCUT2D eigenvalue weighted by Gasteiger charge is 2.55. The SMILES string of the molecule is C[C@@H]1CCC[N+]1(C(=O)O)C(=O)N1CCC(Nc2ccc(CCNC[C@H](O)c3ccc(O)cc3NS(C)(=O)=O)cc2)CC1. The number of benzene rings is 2. The maximum absolute atomic E-state index is 13.2. The molecule has 230 valence electrons.